The second-order valence-corrected chi connectivity index (χ2v) is 5.12. The number of rotatable bonds is 0. The average Bonchev–Trinajstić information content (AvgIpc) is 2.46. The lowest BCUT2D eigenvalue weighted by Crippen LogP contribution is -2.02. The molecule has 5 heteroatoms. The van der Waals surface area contributed by atoms with Crippen LogP contribution in [0.5, 0.6) is 0 Å². The maximum atomic E-state index is 14.0. The molecule has 0 amide bonds. The molecule has 21 heavy (non-hydrogen) atoms. The molecule has 108 valence electrons. The molecular formula is C16H11F4N. The summed E-state index contributed by atoms with van der Waals surface area (Å²) in [5, 5.41) is 0.275. The van der Waals surface area contributed by atoms with Crippen LogP contribution >= 0.6 is 0 Å². The van der Waals surface area contributed by atoms with Gasteiger partial charge in [0.25, 0.3) is 0 Å². The van der Waals surface area contributed by atoms with Gasteiger partial charge in [-0.15, -0.1) is 0 Å². The van der Waals surface area contributed by atoms with E-state index in [1.807, 2.05) is 13.0 Å². The summed E-state index contributed by atoms with van der Waals surface area (Å²) in [6.07, 6.45) is 0. The summed E-state index contributed by atoms with van der Waals surface area (Å²) in [6, 6.07) is 3.55. The van der Waals surface area contributed by atoms with Crippen molar-refractivity contribution in [3.63, 3.8) is 0 Å². The minimum absolute atomic E-state index is 0.317. The summed E-state index contributed by atoms with van der Waals surface area (Å²) in [4.78, 5) is 4.04. The predicted octanol–water partition coefficient (Wildman–Crippen LogP) is 4.87. The summed E-state index contributed by atoms with van der Waals surface area (Å²) < 4.78 is 54.8. The summed E-state index contributed by atoms with van der Waals surface area (Å²) in [5.41, 5.74) is 2.04. The zero-order chi connectivity index (χ0) is 15.5. The number of fused-ring (bicyclic) bond motifs is 2. The first-order chi connectivity index (χ1) is 9.84. The Labute approximate surface area is 118 Å². The molecule has 3 rings (SSSR count). The van der Waals surface area contributed by atoms with Gasteiger partial charge in [-0.3, -0.25) is 0 Å². The lowest BCUT2D eigenvalue weighted by Gasteiger charge is -2.12. The van der Waals surface area contributed by atoms with E-state index in [1.54, 1.807) is 19.9 Å². The maximum absolute atomic E-state index is 14.0. The standard InChI is InChI=1S/C16H11F4N/c1-6-4-5-9-8(3)10-11(17)12(18)13(19)14(20)16(10)21-15(9)7(6)2/h4-5H,1-3H3. The van der Waals surface area contributed by atoms with E-state index in [0.717, 1.165) is 11.1 Å². The molecule has 0 spiro atoms. The summed E-state index contributed by atoms with van der Waals surface area (Å²) >= 11 is 0. The van der Waals surface area contributed by atoms with E-state index in [9.17, 15) is 17.6 Å². The normalized spacial score (nSPS) is 11.6. The summed E-state index contributed by atoms with van der Waals surface area (Å²) in [7, 11) is 0. The highest BCUT2D eigenvalue weighted by molar-refractivity contribution is 5.99. The summed E-state index contributed by atoms with van der Waals surface area (Å²) in [6.45, 7) is 5.20. The Hall–Kier alpha value is -2.17. The fourth-order valence-electron chi connectivity index (χ4n) is 2.56. The quantitative estimate of drug-likeness (QED) is 0.249. The molecule has 0 radical (unpaired) electrons. The number of nitrogens with zero attached hydrogens (tertiary/aromatic N) is 1. The smallest absolute Gasteiger partial charge is 0.199 e. The number of benzene rings is 2. The third kappa shape index (κ3) is 1.73. The second kappa shape index (κ2) is 4.41. The van der Waals surface area contributed by atoms with Crippen LogP contribution in [0, 0.1) is 44.0 Å². The van der Waals surface area contributed by atoms with Crippen molar-refractivity contribution in [1.82, 2.24) is 4.98 Å². The number of hydrogen-bond acceptors (Lipinski definition) is 1. The molecule has 0 aliphatic carbocycles. The monoisotopic (exact) mass is 293 g/mol. The molecule has 0 aliphatic heterocycles. The van der Waals surface area contributed by atoms with Crippen LogP contribution in [0.2, 0.25) is 0 Å². The third-order valence-corrected chi connectivity index (χ3v) is 3.95. The van der Waals surface area contributed by atoms with E-state index in [2.05, 4.69) is 4.98 Å². The Balaban J connectivity index is 2.67. The van der Waals surface area contributed by atoms with Crippen LogP contribution in [0.25, 0.3) is 21.8 Å². The highest BCUT2D eigenvalue weighted by Crippen LogP contribution is 2.33. The molecule has 0 saturated carbocycles. The third-order valence-electron chi connectivity index (χ3n) is 3.95. The topological polar surface area (TPSA) is 12.9 Å². The molecule has 1 heterocycles. The number of halogens is 4. The van der Waals surface area contributed by atoms with Gasteiger partial charge in [-0.2, -0.15) is 0 Å². The molecule has 0 aliphatic rings. The van der Waals surface area contributed by atoms with Crippen molar-refractivity contribution in [2.24, 2.45) is 0 Å². The lowest BCUT2D eigenvalue weighted by molar-refractivity contribution is 0.417. The molecule has 1 nitrogen and oxygen atoms in total. The van der Waals surface area contributed by atoms with Gasteiger partial charge in [0.2, 0.25) is 0 Å². The second-order valence-electron chi connectivity index (χ2n) is 5.12. The van der Waals surface area contributed by atoms with Crippen LogP contribution in [0.4, 0.5) is 17.6 Å². The van der Waals surface area contributed by atoms with Crippen molar-refractivity contribution in [3.8, 4) is 0 Å². The first-order valence-electron chi connectivity index (χ1n) is 6.36. The van der Waals surface area contributed by atoms with E-state index in [1.165, 1.54) is 0 Å². The lowest BCUT2D eigenvalue weighted by atomic mass is 9.98. The van der Waals surface area contributed by atoms with Crippen molar-refractivity contribution in [2.45, 2.75) is 20.8 Å². The number of aryl methyl sites for hydroxylation is 3. The van der Waals surface area contributed by atoms with Gasteiger partial charge < -0.3 is 0 Å². The van der Waals surface area contributed by atoms with Crippen molar-refractivity contribution in [3.05, 3.63) is 52.1 Å². The molecule has 1 aromatic heterocycles. The molecule has 0 unspecified atom stereocenters. The SMILES string of the molecule is Cc1ccc2c(C)c3c(F)c(F)c(F)c(F)c3nc2c1C. The van der Waals surface area contributed by atoms with Crippen LogP contribution in [0.1, 0.15) is 16.7 Å². The van der Waals surface area contributed by atoms with E-state index in [-0.39, 0.29) is 5.39 Å². The largest absolute Gasteiger partial charge is 0.244 e. The van der Waals surface area contributed by atoms with Crippen LogP contribution < -0.4 is 0 Å². The molecule has 3 aromatic rings. The average molecular weight is 293 g/mol. The highest BCUT2D eigenvalue weighted by atomic mass is 19.2. The molecular weight excluding hydrogens is 282 g/mol. The molecule has 2 aromatic carbocycles. The molecule has 0 saturated heterocycles. The zero-order valence-electron chi connectivity index (χ0n) is 11.6. The van der Waals surface area contributed by atoms with Gasteiger partial charge in [-0.25, -0.2) is 22.5 Å². The Morgan fingerprint density at radius 2 is 1.33 bits per heavy atom. The van der Waals surface area contributed by atoms with Gasteiger partial charge in [0.1, 0.15) is 5.52 Å². The Kier molecular flexibility index (Phi) is 2.90. The Bertz CT molecular complexity index is 916. The van der Waals surface area contributed by atoms with Crippen molar-refractivity contribution >= 4 is 21.8 Å². The van der Waals surface area contributed by atoms with Gasteiger partial charge in [-0.05, 0) is 37.5 Å². The van der Waals surface area contributed by atoms with Crippen molar-refractivity contribution in [2.75, 3.05) is 0 Å². The van der Waals surface area contributed by atoms with E-state index in [4.69, 9.17) is 0 Å². The van der Waals surface area contributed by atoms with Crippen molar-refractivity contribution in [1.29, 1.82) is 0 Å². The molecule has 0 N–H and O–H groups in total. The van der Waals surface area contributed by atoms with Crippen LogP contribution in [-0.4, -0.2) is 4.98 Å². The first-order valence-corrected chi connectivity index (χ1v) is 6.36. The van der Waals surface area contributed by atoms with Gasteiger partial charge in [0.15, 0.2) is 23.3 Å². The van der Waals surface area contributed by atoms with Crippen LogP contribution in [0.15, 0.2) is 12.1 Å². The van der Waals surface area contributed by atoms with Gasteiger partial charge in [0, 0.05) is 10.8 Å². The predicted molar refractivity (Wildman–Crippen MR) is 73.3 cm³/mol. The van der Waals surface area contributed by atoms with Crippen LogP contribution in [-0.2, 0) is 0 Å². The van der Waals surface area contributed by atoms with Gasteiger partial charge in [0.05, 0.1) is 5.52 Å². The van der Waals surface area contributed by atoms with Gasteiger partial charge >= 0.3 is 0 Å². The number of aromatic nitrogens is 1. The van der Waals surface area contributed by atoms with E-state index < -0.39 is 28.8 Å². The minimum Gasteiger partial charge on any atom is -0.244 e. The minimum atomic E-state index is -1.84. The fraction of sp³-hybridized carbons (Fsp3) is 0.188. The van der Waals surface area contributed by atoms with Crippen LogP contribution in [0.3, 0.4) is 0 Å². The van der Waals surface area contributed by atoms with Crippen molar-refractivity contribution < 1.29 is 17.6 Å². The van der Waals surface area contributed by atoms with E-state index >= 15 is 0 Å². The molecule has 0 atom stereocenters. The maximum Gasteiger partial charge on any atom is 0.199 e. The first kappa shape index (κ1) is 13.8. The van der Waals surface area contributed by atoms with E-state index in [0.29, 0.717) is 16.5 Å². The Morgan fingerprint density at radius 1 is 0.714 bits per heavy atom. The highest BCUT2D eigenvalue weighted by Gasteiger charge is 2.24. The number of hydrogen-bond donors (Lipinski definition) is 0. The fourth-order valence-corrected chi connectivity index (χ4v) is 2.56. The summed E-state index contributed by atoms with van der Waals surface area (Å²) in [5.74, 6) is -6.52. The van der Waals surface area contributed by atoms with Gasteiger partial charge in [-0.1, -0.05) is 12.1 Å². The zero-order valence-corrected chi connectivity index (χ0v) is 11.6. The number of pyridine rings is 1. The molecule has 0 bridgehead atoms. The molecule has 0 fully saturated rings. The Morgan fingerprint density at radius 3 is 2.00 bits per heavy atom.